The maximum atomic E-state index is 12.6. The van der Waals surface area contributed by atoms with Gasteiger partial charge in [-0.15, -0.1) is 0 Å². The van der Waals surface area contributed by atoms with Crippen LogP contribution in [0, 0.1) is 0 Å². The van der Waals surface area contributed by atoms with Crippen LogP contribution in [0.1, 0.15) is 42.5 Å². The van der Waals surface area contributed by atoms with Crippen LogP contribution < -0.4 is 20.9 Å². The molecule has 4 rings (SSSR count). The van der Waals surface area contributed by atoms with Gasteiger partial charge in [0.15, 0.2) is 0 Å². The number of amides is 3. The number of rotatable bonds is 3. The zero-order valence-electron chi connectivity index (χ0n) is 13.8. The minimum atomic E-state index is -0.0891. The van der Waals surface area contributed by atoms with Crippen LogP contribution in [-0.2, 0) is 0 Å². The molecule has 3 fully saturated rings. The Bertz CT molecular complexity index is 636. The molecule has 3 amide bonds. The Kier molecular flexibility index (Phi) is 4.14. The third-order valence-corrected chi connectivity index (χ3v) is 5.31. The summed E-state index contributed by atoms with van der Waals surface area (Å²) in [4.78, 5) is 26.3. The zero-order chi connectivity index (χ0) is 16.5. The van der Waals surface area contributed by atoms with Gasteiger partial charge in [0.2, 0.25) is 0 Å². The van der Waals surface area contributed by atoms with Crippen LogP contribution >= 0.6 is 0 Å². The van der Waals surface area contributed by atoms with E-state index >= 15 is 0 Å². The molecule has 3 N–H and O–H groups in total. The van der Waals surface area contributed by atoms with Gasteiger partial charge in [-0.2, -0.15) is 0 Å². The molecule has 3 heterocycles. The maximum Gasteiger partial charge on any atom is 0.321 e. The van der Waals surface area contributed by atoms with E-state index in [0.29, 0.717) is 30.7 Å². The minimum Gasteiger partial charge on any atom is -0.349 e. The van der Waals surface area contributed by atoms with Crippen LogP contribution in [0.15, 0.2) is 24.3 Å². The fraction of sp³-hybridized carbons (Fsp3) is 0.556. The topological polar surface area (TPSA) is 73.5 Å². The van der Waals surface area contributed by atoms with Gasteiger partial charge in [0.1, 0.15) is 0 Å². The lowest BCUT2D eigenvalue weighted by Gasteiger charge is -2.30. The van der Waals surface area contributed by atoms with Crippen molar-refractivity contribution in [3.05, 3.63) is 29.8 Å². The van der Waals surface area contributed by atoms with E-state index in [9.17, 15) is 9.59 Å². The van der Waals surface area contributed by atoms with Gasteiger partial charge in [0, 0.05) is 42.5 Å². The van der Waals surface area contributed by atoms with Gasteiger partial charge in [0.05, 0.1) is 0 Å². The Morgan fingerprint density at radius 3 is 2.75 bits per heavy atom. The first-order chi connectivity index (χ1) is 11.7. The molecular formula is C18H24N4O2. The van der Waals surface area contributed by atoms with Gasteiger partial charge < -0.3 is 16.0 Å². The minimum absolute atomic E-state index is 0.0411. The van der Waals surface area contributed by atoms with E-state index in [-0.39, 0.29) is 18.0 Å². The molecule has 0 radical (unpaired) electrons. The fourth-order valence-electron chi connectivity index (χ4n) is 4.13. The van der Waals surface area contributed by atoms with Gasteiger partial charge in [-0.25, -0.2) is 4.79 Å². The molecule has 0 aromatic heterocycles. The molecule has 1 aromatic carbocycles. The Labute approximate surface area is 142 Å². The first kappa shape index (κ1) is 15.4. The number of carbonyl (C=O) groups excluding carboxylic acids is 2. The van der Waals surface area contributed by atoms with Crippen molar-refractivity contribution in [2.24, 2.45) is 0 Å². The van der Waals surface area contributed by atoms with Crippen molar-refractivity contribution in [3.8, 4) is 0 Å². The predicted octanol–water partition coefficient (Wildman–Crippen LogP) is 1.62. The second-order valence-electron chi connectivity index (χ2n) is 7.07. The molecule has 3 aliphatic heterocycles. The molecule has 2 unspecified atom stereocenters. The van der Waals surface area contributed by atoms with E-state index in [4.69, 9.17) is 0 Å². The molecule has 2 atom stereocenters. The number of carbonyl (C=O) groups is 2. The maximum absolute atomic E-state index is 12.6. The van der Waals surface area contributed by atoms with Crippen LogP contribution in [-0.4, -0.2) is 43.2 Å². The molecule has 6 heteroatoms. The summed E-state index contributed by atoms with van der Waals surface area (Å²) in [6, 6.07) is 8.62. The van der Waals surface area contributed by atoms with E-state index in [0.717, 1.165) is 24.9 Å². The monoisotopic (exact) mass is 328 g/mol. The highest BCUT2D eigenvalue weighted by atomic mass is 16.2. The van der Waals surface area contributed by atoms with Crippen molar-refractivity contribution in [2.75, 3.05) is 18.0 Å². The summed E-state index contributed by atoms with van der Waals surface area (Å²) in [5.41, 5.74) is 1.40. The molecule has 3 saturated heterocycles. The molecule has 6 nitrogen and oxygen atoms in total. The van der Waals surface area contributed by atoms with E-state index < -0.39 is 0 Å². The predicted molar refractivity (Wildman–Crippen MR) is 92.2 cm³/mol. The highest BCUT2D eigenvalue weighted by Crippen LogP contribution is 2.27. The molecule has 0 saturated carbocycles. The zero-order valence-corrected chi connectivity index (χ0v) is 13.8. The fourth-order valence-corrected chi connectivity index (χ4v) is 4.13. The van der Waals surface area contributed by atoms with Crippen molar-refractivity contribution in [1.29, 1.82) is 0 Å². The highest BCUT2D eigenvalue weighted by Gasteiger charge is 2.34. The summed E-state index contributed by atoms with van der Waals surface area (Å²) in [5.74, 6) is -0.0411. The summed E-state index contributed by atoms with van der Waals surface area (Å²) in [6.45, 7) is 1.40. The highest BCUT2D eigenvalue weighted by molar-refractivity contribution is 5.98. The van der Waals surface area contributed by atoms with Crippen molar-refractivity contribution in [2.45, 2.75) is 50.2 Å². The standard InChI is InChI=1S/C18H24N4O2/c23-17(21-15-10-13-5-6-14(11-15)20-13)12-3-1-4-16(9-12)22-8-2-7-19-18(22)24/h1,3-4,9,13-15,20H,2,5-8,10-11H2,(H,19,24)(H,21,23). The van der Waals surface area contributed by atoms with E-state index in [2.05, 4.69) is 16.0 Å². The lowest BCUT2D eigenvalue weighted by atomic mass is 9.99. The number of urea groups is 1. The van der Waals surface area contributed by atoms with Gasteiger partial charge in [-0.05, 0) is 50.3 Å². The summed E-state index contributed by atoms with van der Waals surface area (Å²) < 4.78 is 0. The van der Waals surface area contributed by atoms with E-state index in [1.54, 1.807) is 4.90 Å². The first-order valence-electron chi connectivity index (χ1n) is 8.91. The average Bonchev–Trinajstić information content (AvgIpc) is 2.94. The number of nitrogens with one attached hydrogen (secondary N) is 3. The normalized spacial score (nSPS) is 29.2. The molecule has 0 aliphatic carbocycles. The van der Waals surface area contributed by atoms with Crippen LogP contribution in [0.25, 0.3) is 0 Å². The Balaban J connectivity index is 1.44. The summed E-state index contributed by atoms with van der Waals surface area (Å²) >= 11 is 0. The Hall–Kier alpha value is -2.08. The van der Waals surface area contributed by atoms with Crippen LogP contribution in [0.5, 0.6) is 0 Å². The van der Waals surface area contributed by atoms with E-state index in [1.807, 2.05) is 24.3 Å². The van der Waals surface area contributed by atoms with Crippen molar-refractivity contribution in [3.63, 3.8) is 0 Å². The summed E-state index contributed by atoms with van der Waals surface area (Å²) in [7, 11) is 0. The quantitative estimate of drug-likeness (QED) is 0.789. The van der Waals surface area contributed by atoms with Crippen molar-refractivity contribution < 1.29 is 9.59 Å². The molecular weight excluding hydrogens is 304 g/mol. The van der Waals surface area contributed by atoms with Gasteiger partial charge >= 0.3 is 6.03 Å². The average molecular weight is 328 g/mol. The van der Waals surface area contributed by atoms with Gasteiger partial charge in [-0.3, -0.25) is 9.69 Å². The van der Waals surface area contributed by atoms with Gasteiger partial charge in [0.25, 0.3) is 5.91 Å². The third kappa shape index (κ3) is 3.11. The number of anilines is 1. The number of nitrogens with zero attached hydrogens (tertiary/aromatic N) is 1. The lowest BCUT2D eigenvalue weighted by molar-refractivity contribution is 0.0924. The number of hydrogen-bond donors (Lipinski definition) is 3. The van der Waals surface area contributed by atoms with Crippen LogP contribution in [0.2, 0.25) is 0 Å². The number of benzene rings is 1. The number of fused-ring (bicyclic) bond motifs is 2. The number of piperidine rings is 1. The largest absolute Gasteiger partial charge is 0.349 e. The van der Waals surface area contributed by atoms with Crippen LogP contribution in [0.4, 0.5) is 10.5 Å². The molecule has 2 bridgehead atoms. The number of hydrogen-bond acceptors (Lipinski definition) is 3. The lowest BCUT2D eigenvalue weighted by Crippen LogP contribution is -2.48. The Morgan fingerprint density at radius 2 is 2.00 bits per heavy atom. The Morgan fingerprint density at radius 1 is 1.21 bits per heavy atom. The van der Waals surface area contributed by atoms with E-state index in [1.165, 1.54) is 12.8 Å². The smallest absolute Gasteiger partial charge is 0.321 e. The molecule has 128 valence electrons. The van der Waals surface area contributed by atoms with Crippen LogP contribution in [0.3, 0.4) is 0 Å². The molecule has 3 aliphatic rings. The van der Waals surface area contributed by atoms with Crippen molar-refractivity contribution >= 4 is 17.6 Å². The second kappa shape index (κ2) is 6.43. The second-order valence-corrected chi connectivity index (χ2v) is 7.07. The molecule has 24 heavy (non-hydrogen) atoms. The summed E-state index contributed by atoms with van der Waals surface area (Å²) in [5, 5.41) is 9.61. The molecule has 0 spiro atoms. The van der Waals surface area contributed by atoms with Crippen molar-refractivity contribution in [1.82, 2.24) is 16.0 Å². The first-order valence-corrected chi connectivity index (χ1v) is 8.91. The SMILES string of the molecule is O=C(NC1CC2CCC(C1)N2)c1cccc(N2CCCNC2=O)c1. The van der Waals surface area contributed by atoms with Gasteiger partial charge in [-0.1, -0.05) is 6.07 Å². The third-order valence-electron chi connectivity index (χ3n) is 5.31. The summed E-state index contributed by atoms with van der Waals surface area (Å²) in [6.07, 6.45) is 5.38. The molecule has 1 aromatic rings.